The van der Waals surface area contributed by atoms with Crippen LogP contribution in [0.15, 0.2) is 18.2 Å². The minimum atomic E-state index is 0.122. The summed E-state index contributed by atoms with van der Waals surface area (Å²) in [5.74, 6) is 0.313. The molecule has 1 aromatic rings. The molecule has 0 aliphatic heterocycles. The number of nitrogens with zero attached hydrogens (tertiary/aromatic N) is 1. The summed E-state index contributed by atoms with van der Waals surface area (Å²) < 4.78 is 0. The quantitative estimate of drug-likeness (QED) is 0.608. The van der Waals surface area contributed by atoms with Crippen LogP contribution >= 0.6 is 0 Å². The zero-order chi connectivity index (χ0) is 12.3. The molecule has 3 heteroatoms. The molecule has 0 radical (unpaired) electrons. The molecule has 0 atom stereocenters. The Kier molecular flexibility index (Phi) is 3.81. The normalized spacial score (nSPS) is 12.1. The number of aromatic hydroxyl groups is 1. The Morgan fingerprint density at radius 3 is 2.56 bits per heavy atom. The van der Waals surface area contributed by atoms with Crippen molar-refractivity contribution in [1.29, 1.82) is 0 Å². The highest BCUT2D eigenvalue weighted by molar-refractivity contribution is 5.47. The van der Waals surface area contributed by atoms with Crippen LogP contribution in [-0.2, 0) is 6.54 Å². The standard InChI is InChI=1S/C13H22N2O/c1-5-13(2,3)15(4)9-10-8-11(14)6-7-12(10)16/h6-8,16H,5,9,14H2,1-4H3. The van der Waals surface area contributed by atoms with Gasteiger partial charge in [0.15, 0.2) is 0 Å². The van der Waals surface area contributed by atoms with Gasteiger partial charge in [-0.15, -0.1) is 0 Å². The van der Waals surface area contributed by atoms with Gasteiger partial charge in [0.25, 0.3) is 0 Å². The fraction of sp³-hybridized carbons (Fsp3) is 0.538. The van der Waals surface area contributed by atoms with Crippen molar-refractivity contribution in [2.45, 2.75) is 39.3 Å². The van der Waals surface area contributed by atoms with E-state index in [0.717, 1.165) is 12.0 Å². The van der Waals surface area contributed by atoms with Gasteiger partial charge in [0, 0.05) is 23.3 Å². The number of hydrogen-bond donors (Lipinski definition) is 2. The van der Waals surface area contributed by atoms with Crippen LogP contribution in [0.3, 0.4) is 0 Å². The first-order chi connectivity index (χ1) is 7.36. The molecular formula is C13H22N2O. The van der Waals surface area contributed by atoms with Gasteiger partial charge in [0.2, 0.25) is 0 Å². The van der Waals surface area contributed by atoms with Gasteiger partial charge in [0.1, 0.15) is 5.75 Å². The lowest BCUT2D eigenvalue weighted by atomic mass is 9.99. The molecule has 0 aromatic heterocycles. The van der Waals surface area contributed by atoms with Gasteiger partial charge < -0.3 is 10.8 Å². The fourth-order valence-corrected chi connectivity index (χ4v) is 1.47. The monoisotopic (exact) mass is 222 g/mol. The molecule has 0 saturated heterocycles. The zero-order valence-corrected chi connectivity index (χ0v) is 10.6. The Bertz CT molecular complexity index is 361. The summed E-state index contributed by atoms with van der Waals surface area (Å²) in [5, 5.41) is 9.74. The predicted octanol–water partition coefficient (Wildman–Crippen LogP) is 2.59. The second-order valence-corrected chi connectivity index (χ2v) is 4.91. The molecule has 0 bridgehead atoms. The number of hydrogen-bond acceptors (Lipinski definition) is 3. The van der Waals surface area contributed by atoms with E-state index in [-0.39, 0.29) is 5.54 Å². The van der Waals surface area contributed by atoms with Crippen molar-refractivity contribution >= 4 is 5.69 Å². The molecule has 0 spiro atoms. The Morgan fingerprint density at radius 1 is 1.38 bits per heavy atom. The van der Waals surface area contributed by atoms with Crippen molar-refractivity contribution < 1.29 is 5.11 Å². The predicted molar refractivity (Wildman–Crippen MR) is 68.4 cm³/mol. The Balaban J connectivity index is 2.84. The van der Waals surface area contributed by atoms with E-state index in [0.29, 0.717) is 18.0 Å². The lowest BCUT2D eigenvalue weighted by molar-refractivity contribution is 0.142. The molecule has 0 aliphatic rings. The van der Waals surface area contributed by atoms with E-state index < -0.39 is 0 Å². The second kappa shape index (κ2) is 4.74. The van der Waals surface area contributed by atoms with Crippen LogP contribution in [0.1, 0.15) is 32.8 Å². The average Bonchev–Trinajstić information content (AvgIpc) is 2.23. The van der Waals surface area contributed by atoms with Gasteiger partial charge in [-0.25, -0.2) is 0 Å². The summed E-state index contributed by atoms with van der Waals surface area (Å²) in [6, 6.07) is 5.19. The molecule has 16 heavy (non-hydrogen) atoms. The zero-order valence-electron chi connectivity index (χ0n) is 10.6. The molecule has 90 valence electrons. The van der Waals surface area contributed by atoms with Crippen LogP contribution in [0.25, 0.3) is 0 Å². The summed E-state index contributed by atoms with van der Waals surface area (Å²) in [4.78, 5) is 2.22. The highest BCUT2D eigenvalue weighted by Gasteiger charge is 2.21. The minimum absolute atomic E-state index is 0.122. The fourth-order valence-electron chi connectivity index (χ4n) is 1.47. The second-order valence-electron chi connectivity index (χ2n) is 4.91. The number of nitrogens with two attached hydrogens (primary N) is 1. The first-order valence-corrected chi connectivity index (χ1v) is 5.65. The first-order valence-electron chi connectivity index (χ1n) is 5.65. The molecule has 0 amide bonds. The molecule has 0 saturated carbocycles. The molecule has 3 N–H and O–H groups in total. The van der Waals surface area contributed by atoms with E-state index >= 15 is 0 Å². The van der Waals surface area contributed by atoms with E-state index in [1.54, 1.807) is 12.1 Å². The first kappa shape index (κ1) is 12.8. The van der Waals surface area contributed by atoms with Crippen molar-refractivity contribution in [3.8, 4) is 5.75 Å². The maximum Gasteiger partial charge on any atom is 0.120 e. The SMILES string of the molecule is CCC(C)(C)N(C)Cc1cc(N)ccc1O. The summed E-state index contributed by atoms with van der Waals surface area (Å²) in [6.45, 7) is 7.25. The smallest absolute Gasteiger partial charge is 0.120 e. The lowest BCUT2D eigenvalue weighted by Crippen LogP contribution is -2.39. The van der Waals surface area contributed by atoms with E-state index in [1.807, 2.05) is 6.07 Å². The third-order valence-corrected chi connectivity index (χ3v) is 3.41. The number of benzene rings is 1. The number of nitrogen functional groups attached to an aromatic ring is 1. The minimum Gasteiger partial charge on any atom is -0.508 e. The van der Waals surface area contributed by atoms with E-state index in [1.165, 1.54) is 0 Å². The Morgan fingerprint density at radius 2 is 2.00 bits per heavy atom. The maximum absolute atomic E-state index is 9.74. The van der Waals surface area contributed by atoms with Crippen LogP contribution in [0, 0.1) is 0 Å². The number of phenols is 1. The van der Waals surface area contributed by atoms with Gasteiger partial charge in [-0.2, -0.15) is 0 Å². The molecular weight excluding hydrogens is 200 g/mol. The Hall–Kier alpha value is -1.22. The van der Waals surface area contributed by atoms with Crippen LogP contribution in [0.5, 0.6) is 5.75 Å². The van der Waals surface area contributed by atoms with Crippen LogP contribution in [0.4, 0.5) is 5.69 Å². The van der Waals surface area contributed by atoms with Crippen LogP contribution < -0.4 is 5.73 Å². The Labute approximate surface area is 97.9 Å². The molecule has 1 aromatic carbocycles. The van der Waals surface area contributed by atoms with E-state index in [2.05, 4.69) is 32.7 Å². The van der Waals surface area contributed by atoms with Gasteiger partial charge in [-0.05, 0) is 45.5 Å². The highest BCUT2D eigenvalue weighted by Crippen LogP contribution is 2.25. The van der Waals surface area contributed by atoms with Crippen molar-refractivity contribution in [1.82, 2.24) is 4.90 Å². The summed E-state index contributed by atoms with van der Waals surface area (Å²) in [7, 11) is 2.06. The van der Waals surface area contributed by atoms with E-state index in [4.69, 9.17) is 5.73 Å². The molecule has 1 rings (SSSR count). The molecule has 0 fully saturated rings. The van der Waals surface area contributed by atoms with Crippen molar-refractivity contribution in [2.24, 2.45) is 0 Å². The van der Waals surface area contributed by atoms with Crippen LogP contribution in [-0.4, -0.2) is 22.6 Å². The largest absolute Gasteiger partial charge is 0.508 e. The highest BCUT2D eigenvalue weighted by atomic mass is 16.3. The maximum atomic E-state index is 9.74. The lowest BCUT2D eigenvalue weighted by Gasteiger charge is -2.35. The topological polar surface area (TPSA) is 49.5 Å². The molecule has 0 unspecified atom stereocenters. The van der Waals surface area contributed by atoms with Gasteiger partial charge in [0.05, 0.1) is 0 Å². The van der Waals surface area contributed by atoms with Crippen LogP contribution in [0.2, 0.25) is 0 Å². The third-order valence-electron chi connectivity index (χ3n) is 3.41. The van der Waals surface area contributed by atoms with Gasteiger partial charge >= 0.3 is 0 Å². The number of anilines is 1. The average molecular weight is 222 g/mol. The summed E-state index contributed by atoms with van der Waals surface area (Å²) in [5.41, 5.74) is 7.41. The molecule has 0 aliphatic carbocycles. The summed E-state index contributed by atoms with van der Waals surface area (Å²) >= 11 is 0. The van der Waals surface area contributed by atoms with Crippen molar-refractivity contribution in [3.63, 3.8) is 0 Å². The van der Waals surface area contributed by atoms with Crippen molar-refractivity contribution in [2.75, 3.05) is 12.8 Å². The van der Waals surface area contributed by atoms with Gasteiger partial charge in [-0.1, -0.05) is 6.92 Å². The summed E-state index contributed by atoms with van der Waals surface area (Å²) in [6.07, 6.45) is 1.06. The number of phenolic OH excluding ortho intramolecular Hbond substituents is 1. The van der Waals surface area contributed by atoms with Gasteiger partial charge in [-0.3, -0.25) is 4.90 Å². The molecule has 0 heterocycles. The molecule has 3 nitrogen and oxygen atoms in total. The number of rotatable bonds is 4. The van der Waals surface area contributed by atoms with Crippen molar-refractivity contribution in [3.05, 3.63) is 23.8 Å². The third kappa shape index (κ3) is 2.89. The van der Waals surface area contributed by atoms with E-state index in [9.17, 15) is 5.11 Å².